The van der Waals surface area contributed by atoms with Crippen molar-refractivity contribution < 1.29 is 32.6 Å². The van der Waals surface area contributed by atoms with E-state index in [1.54, 1.807) is 12.1 Å². The fourth-order valence-electron chi connectivity index (χ4n) is 3.85. The lowest BCUT2D eigenvalue weighted by Crippen LogP contribution is -2.31. The first kappa shape index (κ1) is 24.6. The zero-order chi connectivity index (χ0) is 25.3. The van der Waals surface area contributed by atoms with Gasteiger partial charge < -0.3 is 14.6 Å². The third-order valence-electron chi connectivity index (χ3n) is 5.99. The molecule has 0 spiro atoms. The highest BCUT2D eigenvalue weighted by atomic mass is 32.2. The average Bonchev–Trinajstić information content (AvgIpc) is 3.45. The van der Waals surface area contributed by atoms with Crippen LogP contribution in [0.5, 0.6) is 0 Å². The van der Waals surface area contributed by atoms with Crippen LogP contribution in [0.4, 0.5) is 5.13 Å². The Balaban J connectivity index is 1.35. The van der Waals surface area contributed by atoms with Crippen molar-refractivity contribution in [3.63, 3.8) is 0 Å². The van der Waals surface area contributed by atoms with E-state index in [2.05, 4.69) is 15.4 Å². The zero-order valence-corrected chi connectivity index (χ0v) is 20.7. The first-order valence-corrected chi connectivity index (χ1v) is 13.8. The number of carbonyl (C=O) groups excluding carboxylic acids is 1. The molecule has 1 unspecified atom stereocenters. The highest BCUT2D eigenvalue weighted by Gasteiger charge is 2.37. The smallest absolute Gasteiger partial charge is 0.338 e. The number of nitrogens with zero attached hydrogens (tertiary/aromatic N) is 3. The maximum absolute atomic E-state index is 13.3. The van der Waals surface area contributed by atoms with Crippen molar-refractivity contribution in [3.05, 3.63) is 54.0 Å². The molecule has 2 aromatic heterocycles. The molecule has 3 heterocycles. The summed E-state index contributed by atoms with van der Waals surface area (Å²) in [5.74, 6) is -1.55. The summed E-state index contributed by atoms with van der Waals surface area (Å²) in [5.41, 5.74) is 0.565. The number of carboxylic acids is 1. The minimum Gasteiger partial charge on any atom is -0.478 e. The summed E-state index contributed by atoms with van der Waals surface area (Å²) in [7, 11) is -3.34. The average molecular weight is 533 g/mol. The molecule has 13 heteroatoms. The summed E-state index contributed by atoms with van der Waals surface area (Å²) in [6.07, 6.45) is 5.53. The molecule has 5 rings (SSSR count). The third kappa shape index (κ3) is 5.33. The lowest BCUT2D eigenvalue weighted by molar-refractivity contribution is -0.136. The molecular weight excluding hydrogens is 508 g/mol. The largest absolute Gasteiger partial charge is 0.478 e. The van der Waals surface area contributed by atoms with Gasteiger partial charge in [0.2, 0.25) is 0 Å². The van der Waals surface area contributed by atoms with Crippen LogP contribution in [-0.2, 0) is 24.1 Å². The van der Waals surface area contributed by atoms with Crippen LogP contribution in [0.1, 0.15) is 47.7 Å². The molecule has 11 nitrogen and oxygen atoms in total. The van der Waals surface area contributed by atoms with E-state index >= 15 is 0 Å². The molecule has 2 fully saturated rings. The van der Waals surface area contributed by atoms with E-state index in [1.165, 1.54) is 35.4 Å². The summed E-state index contributed by atoms with van der Waals surface area (Å²) in [4.78, 5) is 28.9. The number of aromatic nitrogens is 3. The number of anilines is 1. The Morgan fingerprint density at radius 1 is 1.14 bits per heavy atom. The number of carboxylic acid groups (broad SMARTS) is 1. The molecule has 2 N–H and O–H groups in total. The number of rotatable bonds is 9. The lowest BCUT2D eigenvalue weighted by Gasteiger charge is -2.27. The van der Waals surface area contributed by atoms with Gasteiger partial charge >= 0.3 is 5.97 Å². The lowest BCUT2D eigenvalue weighted by atomic mass is 10.1. The van der Waals surface area contributed by atoms with E-state index in [0.717, 1.165) is 11.3 Å². The van der Waals surface area contributed by atoms with Gasteiger partial charge in [0.05, 0.1) is 34.2 Å². The Morgan fingerprint density at radius 3 is 2.50 bits per heavy atom. The van der Waals surface area contributed by atoms with Crippen molar-refractivity contribution >= 4 is 38.2 Å². The maximum atomic E-state index is 13.3. The standard InChI is InChI=1S/C23H24N4O7S2/c28-21(26-23-24-12-19(35-23)27-13-15(11-25-27)22(29)30)20(34-16-7-9-33-10-8-16)14-1-3-17(4-2-14)36(31,32)18-5-6-18/h1-4,11-13,16,18,20H,5-10H2,(H,29,30)(H,24,26,28). The molecule has 190 valence electrons. The molecule has 1 aliphatic carbocycles. The van der Waals surface area contributed by atoms with Crippen LogP contribution in [0.2, 0.25) is 0 Å². The minimum atomic E-state index is -3.34. The predicted molar refractivity (Wildman–Crippen MR) is 129 cm³/mol. The molecule has 1 amide bonds. The molecule has 0 radical (unpaired) electrons. The van der Waals surface area contributed by atoms with Crippen molar-refractivity contribution in [1.82, 2.24) is 14.8 Å². The fourth-order valence-corrected chi connectivity index (χ4v) is 6.26. The number of sulfone groups is 1. The van der Waals surface area contributed by atoms with Crippen LogP contribution in [0.15, 0.2) is 47.8 Å². The minimum absolute atomic E-state index is 0.0334. The van der Waals surface area contributed by atoms with Gasteiger partial charge in [-0.1, -0.05) is 23.5 Å². The van der Waals surface area contributed by atoms with Crippen LogP contribution in [0, 0.1) is 0 Å². The summed E-state index contributed by atoms with van der Waals surface area (Å²) >= 11 is 1.12. The summed E-state index contributed by atoms with van der Waals surface area (Å²) in [5, 5.41) is 16.4. The molecule has 0 bridgehead atoms. The molecule has 3 aromatic rings. The predicted octanol–water partition coefficient (Wildman–Crippen LogP) is 2.84. The van der Waals surface area contributed by atoms with Gasteiger partial charge in [0.25, 0.3) is 5.91 Å². The van der Waals surface area contributed by atoms with E-state index in [-0.39, 0.29) is 26.9 Å². The number of nitrogens with one attached hydrogen (secondary N) is 1. The summed E-state index contributed by atoms with van der Waals surface area (Å²) in [6.45, 7) is 1.07. The second kappa shape index (κ2) is 10.1. The number of thiazole rings is 1. The van der Waals surface area contributed by atoms with Gasteiger partial charge in [-0.15, -0.1) is 0 Å². The number of aromatic carboxylic acids is 1. The van der Waals surface area contributed by atoms with Crippen LogP contribution >= 0.6 is 11.3 Å². The van der Waals surface area contributed by atoms with E-state index in [4.69, 9.17) is 14.6 Å². The summed E-state index contributed by atoms with van der Waals surface area (Å²) < 4.78 is 38.0. The first-order valence-electron chi connectivity index (χ1n) is 11.4. The number of amides is 1. The van der Waals surface area contributed by atoms with Gasteiger partial charge in [0.1, 0.15) is 5.00 Å². The highest BCUT2D eigenvalue weighted by Crippen LogP contribution is 2.34. The molecule has 1 aromatic carbocycles. The number of carbonyl (C=O) groups is 2. The zero-order valence-electron chi connectivity index (χ0n) is 19.1. The van der Waals surface area contributed by atoms with Gasteiger partial charge in [-0.25, -0.2) is 22.9 Å². The topological polar surface area (TPSA) is 150 Å². The van der Waals surface area contributed by atoms with E-state index < -0.39 is 27.8 Å². The Kier molecular flexibility index (Phi) is 6.88. The van der Waals surface area contributed by atoms with E-state index in [1.807, 2.05) is 0 Å². The Bertz CT molecular complexity index is 1360. The molecular formula is C23H24N4O7S2. The highest BCUT2D eigenvalue weighted by molar-refractivity contribution is 7.92. The van der Waals surface area contributed by atoms with Crippen LogP contribution < -0.4 is 5.32 Å². The molecule has 36 heavy (non-hydrogen) atoms. The van der Waals surface area contributed by atoms with Crippen molar-refractivity contribution in [2.24, 2.45) is 0 Å². The van der Waals surface area contributed by atoms with Crippen molar-refractivity contribution in [3.8, 4) is 5.00 Å². The first-order chi connectivity index (χ1) is 17.3. The molecule has 1 aliphatic heterocycles. The molecule has 1 saturated carbocycles. The quantitative estimate of drug-likeness (QED) is 0.424. The maximum Gasteiger partial charge on any atom is 0.338 e. The normalized spacial score (nSPS) is 17.6. The van der Waals surface area contributed by atoms with Crippen LogP contribution in [0.25, 0.3) is 5.00 Å². The van der Waals surface area contributed by atoms with Gasteiger partial charge in [-0.2, -0.15) is 5.10 Å². The number of benzene rings is 1. The van der Waals surface area contributed by atoms with Crippen LogP contribution in [0.3, 0.4) is 0 Å². The molecule has 2 aliphatic rings. The van der Waals surface area contributed by atoms with Crippen LogP contribution in [-0.4, -0.2) is 64.7 Å². The van der Waals surface area contributed by atoms with Gasteiger partial charge in [-0.3, -0.25) is 10.1 Å². The van der Waals surface area contributed by atoms with Gasteiger partial charge in [0, 0.05) is 19.4 Å². The SMILES string of the molecule is O=C(O)c1cnn(-c2cnc(NC(=O)C(OC3CCOCC3)c3ccc(S(=O)(=O)C4CC4)cc3)s2)c1. The third-order valence-corrected chi connectivity index (χ3v) is 9.17. The fraction of sp³-hybridized carbons (Fsp3) is 0.391. The number of hydrogen-bond donors (Lipinski definition) is 2. The van der Waals surface area contributed by atoms with E-state index in [9.17, 15) is 18.0 Å². The molecule has 1 atom stereocenters. The van der Waals surface area contributed by atoms with Gasteiger partial charge in [-0.05, 0) is 43.4 Å². The van der Waals surface area contributed by atoms with Crippen molar-refractivity contribution in [2.75, 3.05) is 18.5 Å². The monoisotopic (exact) mass is 532 g/mol. The second-order valence-corrected chi connectivity index (χ2v) is 11.9. The Morgan fingerprint density at radius 2 is 1.86 bits per heavy atom. The number of ether oxygens (including phenoxy) is 2. The van der Waals surface area contributed by atoms with E-state index in [0.29, 0.717) is 49.5 Å². The molecule has 1 saturated heterocycles. The second-order valence-electron chi connectivity index (χ2n) is 8.61. The van der Waals surface area contributed by atoms with Crippen molar-refractivity contribution in [1.29, 1.82) is 0 Å². The Hall–Kier alpha value is -3.13. The van der Waals surface area contributed by atoms with Crippen molar-refractivity contribution in [2.45, 2.75) is 48.0 Å². The van der Waals surface area contributed by atoms with Gasteiger partial charge in [0.15, 0.2) is 21.1 Å². The summed E-state index contributed by atoms with van der Waals surface area (Å²) in [6, 6.07) is 6.28. The Labute approximate surface area is 211 Å². The number of hydrogen-bond acceptors (Lipinski definition) is 9.